The molecule has 2 N–H and O–H groups in total. The maximum Gasteiger partial charge on any atom is 0.246 e. The summed E-state index contributed by atoms with van der Waals surface area (Å²) in [5, 5.41) is 6.61. The zero-order valence-corrected chi connectivity index (χ0v) is 18.3. The largest absolute Gasteiger partial charge is 0.495 e. The average Bonchev–Trinajstić information content (AvgIpc) is 3.15. The van der Waals surface area contributed by atoms with Gasteiger partial charge in [-0.3, -0.25) is 9.59 Å². The molecule has 8 heteroatoms. The molecule has 1 aliphatic heterocycles. The zero-order chi connectivity index (χ0) is 21.8. The van der Waals surface area contributed by atoms with Crippen molar-refractivity contribution in [1.29, 1.82) is 0 Å². The molecular weight excluding hydrogens is 406 g/mol. The molecule has 1 aliphatic rings. The molecule has 2 amide bonds. The highest BCUT2D eigenvalue weighted by Gasteiger charge is 2.25. The van der Waals surface area contributed by atoms with E-state index in [0.717, 1.165) is 17.7 Å². The van der Waals surface area contributed by atoms with E-state index in [4.69, 9.17) is 21.1 Å². The third-order valence-corrected chi connectivity index (χ3v) is 5.47. The molecule has 160 valence electrons. The lowest BCUT2D eigenvalue weighted by atomic mass is 10.2. The van der Waals surface area contributed by atoms with Crippen LogP contribution < -0.4 is 25.0 Å². The minimum absolute atomic E-state index is 0.0916. The molecule has 2 aromatic carbocycles. The van der Waals surface area contributed by atoms with E-state index < -0.39 is 6.04 Å². The van der Waals surface area contributed by atoms with Gasteiger partial charge in [-0.05, 0) is 44.0 Å². The first kappa shape index (κ1) is 21.8. The first-order valence-electron chi connectivity index (χ1n) is 9.74. The van der Waals surface area contributed by atoms with Gasteiger partial charge in [0.1, 0.15) is 17.5 Å². The highest BCUT2D eigenvalue weighted by atomic mass is 35.5. The Hall–Kier alpha value is -2.93. The van der Waals surface area contributed by atoms with Crippen LogP contribution in [0, 0.1) is 6.92 Å². The van der Waals surface area contributed by atoms with Gasteiger partial charge in [-0.15, -0.1) is 0 Å². The summed E-state index contributed by atoms with van der Waals surface area (Å²) in [6, 6.07) is 8.37. The van der Waals surface area contributed by atoms with E-state index in [-0.39, 0.29) is 11.8 Å². The van der Waals surface area contributed by atoms with Crippen LogP contribution in [0.4, 0.5) is 17.1 Å². The Morgan fingerprint density at radius 3 is 2.53 bits per heavy atom. The normalized spacial score (nSPS) is 14.4. The van der Waals surface area contributed by atoms with Crippen LogP contribution in [0.3, 0.4) is 0 Å². The van der Waals surface area contributed by atoms with Crippen LogP contribution in [-0.4, -0.2) is 38.6 Å². The second kappa shape index (κ2) is 9.26. The van der Waals surface area contributed by atoms with Gasteiger partial charge in [0.15, 0.2) is 0 Å². The molecule has 0 spiro atoms. The van der Waals surface area contributed by atoms with Crippen LogP contribution in [0.15, 0.2) is 30.3 Å². The third kappa shape index (κ3) is 4.62. The first-order valence-corrected chi connectivity index (χ1v) is 10.1. The van der Waals surface area contributed by atoms with Crippen molar-refractivity contribution in [3.63, 3.8) is 0 Å². The molecule has 0 aliphatic carbocycles. The van der Waals surface area contributed by atoms with Gasteiger partial charge < -0.3 is 25.0 Å². The Morgan fingerprint density at radius 2 is 1.90 bits per heavy atom. The highest BCUT2D eigenvalue weighted by Crippen LogP contribution is 2.34. The van der Waals surface area contributed by atoms with E-state index in [1.807, 2.05) is 19.1 Å². The fourth-order valence-electron chi connectivity index (χ4n) is 3.38. The Kier molecular flexibility index (Phi) is 6.72. The molecule has 0 bridgehead atoms. The van der Waals surface area contributed by atoms with Crippen LogP contribution in [0.2, 0.25) is 5.02 Å². The summed E-state index contributed by atoms with van der Waals surface area (Å²) in [4.78, 5) is 26.5. The summed E-state index contributed by atoms with van der Waals surface area (Å²) in [6.45, 7) is 4.30. The minimum Gasteiger partial charge on any atom is -0.495 e. The van der Waals surface area contributed by atoms with Gasteiger partial charge in [0, 0.05) is 35.8 Å². The number of nitrogens with one attached hydrogen (secondary N) is 2. The van der Waals surface area contributed by atoms with E-state index in [1.54, 1.807) is 37.1 Å². The number of carbonyl (C=O) groups is 2. The maximum atomic E-state index is 12.7. The average molecular weight is 432 g/mol. The number of hydrogen-bond acceptors (Lipinski definition) is 5. The minimum atomic E-state index is -0.533. The Labute approximate surface area is 181 Å². The molecule has 1 fully saturated rings. The molecule has 1 heterocycles. The molecule has 0 unspecified atom stereocenters. The lowest BCUT2D eigenvalue weighted by Crippen LogP contribution is -2.32. The molecule has 0 saturated carbocycles. The van der Waals surface area contributed by atoms with Crippen molar-refractivity contribution in [3.8, 4) is 11.5 Å². The van der Waals surface area contributed by atoms with E-state index in [2.05, 4.69) is 10.6 Å². The van der Waals surface area contributed by atoms with Crippen molar-refractivity contribution in [2.75, 3.05) is 36.3 Å². The lowest BCUT2D eigenvalue weighted by Gasteiger charge is -2.21. The van der Waals surface area contributed by atoms with Gasteiger partial charge in [-0.2, -0.15) is 0 Å². The summed E-state index contributed by atoms with van der Waals surface area (Å²) in [5.41, 5.74) is 2.84. The fraction of sp³-hybridized carbons (Fsp3) is 0.364. The van der Waals surface area contributed by atoms with E-state index in [9.17, 15) is 9.59 Å². The number of nitrogens with zero attached hydrogens (tertiary/aromatic N) is 1. The Bertz CT molecular complexity index is 964. The second-order valence-electron chi connectivity index (χ2n) is 7.19. The number of aryl methyl sites for hydroxylation is 1. The van der Waals surface area contributed by atoms with Crippen LogP contribution in [0.1, 0.15) is 25.3 Å². The SMILES string of the molecule is COc1cc(Cl)c(C)cc1NC(=O)[C@H](C)Nc1ccc(N2CCCC2=O)c(OC)c1. The number of anilines is 3. The highest BCUT2D eigenvalue weighted by molar-refractivity contribution is 6.31. The smallest absolute Gasteiger partial charge is 0.246 e. The number of hydrogen-bond donors (Lipinski definition) is 2. The van der Waals surface area contributed by atoms with E-state index in [0.29, 0.717) is 40.9 Å². The Balaban J connectivity index is 1.72. The predicted octanol–water partition coefficient (Wildman–Crippen LogP) is 4.23. The van der Waals surface area contributed by atoms with Gasteiger partial charge in [0.2, 0.25) is 11.8 Å². The molecule has 1 saturated heterocycles. The maximum absolute atomic E-state index is 12.7. The molecule has 1 atom stereocenters. The third-order valence-electron chi connectivity index (χ3n) is 5.06. The van der Waals surface area contributed by atoms with Crippen LogP contribution in [-0.2, 0) is 9.59 Å². The van der Waals surface area contributed by atoms with Crippen molar-refractivity contribution in [2.24, 2.45) is 0 Å². The molecule has 0 radical (unpaired) electrons. The number of methoxy groups -OCH3 is 2. The fourth-order valence-corrected chi connectivity index (χ4v) is 3.53. The first-order chi connectivity index (χ1) is 14.3. The van der Waals surface area contributed by atoms with Crippen molar-refractivity contribution >= 4 is 40.5 Å². The van der Waals surface area contributed by atoms with Crippen molar-refractivity contribution in [1.82, 2.24) is 0 Å². The van der Waals surface area contributed by atoms with Crippen LogP contribution in [0.5, 0.6) is 11.5 Å². The summed E-state index contributed by atoms with van der Waals surface area (Å²) < 4.78 is 10.8. The zero-order valence-electron chi connectivity index (χ0n) is 17.5. The summed E-state index contributed by atoms with van der Waals surface area (Å²) >= 11 is 6.13. The molecule has 2 aromatic rings. The van der Waals surface area contributed by atoms with Crippen molar-refractivity contribution in [2.45, 2.75) is 32.7 Å². The van der Waals surface area contributed by atoms with Crippen LogP contribution >= 0.6 is 11.6 Å². The molecule has 3 rings (SSSR count). The molecule has 0 aromatic heterocycles. The van der Waals surface area contributed by atoms with E-state index >= 15 is 0 Å². The topological polar surface area (TPSA) is 79.9 Å². The summed E-state index contributed by atoms with van der Waals surface area (Å²) in [5.74, 6) is 0.937. The van der Waals surface area contributed by atoms with Crippen molar-refractivity contribution < 1.29 is 19.1 Å². The second-order valence-corrected chi connectivity index (χ2v) is 7.60. The van der Waals surface area contributed by atoms with Gasteiger partial charge in [-0.25, -0.2) is 0 Å². The molecular formula is C22H26ClN3O4. The van der Waals surface area contributed by atoms with E-state index in [1.165, 1.54) is 7.11 Å². The summed E-state index contributed by atoms with van der Waals surface area (Å²) in [6.07, 6.45) is 1.39. The monoisotopic (exact) mass is 431 g/mol. The Morgan fingerprint density at radius 1 is 1.17 bits per heavy atom. The number of rotatable bonds is 7. The number of benzene rings is 2. The number of ether oxygens (including phenoxy) is 2. The van der Waals surface area contributed by atoms with Crippen LogP contribution in [0.25, 0.3) is 0 Å². The molecule has 7 nitrogen and oxygen atoms in total. The predicted molar refractivity (Wildman–Crippen MR) is 119 cm³/mol. The van der Waals surface area contributed by atoms with Gasteiger partial charge in [0.25, 0.3) is 0 Å². The lowest BCUT2D eigenvalue weighted by molar-refractivity contribution is -0.117. The quantitative estimate of drug-likeness (QED) is 0.685. The standard InChI is InChI=1S/C22H26ClN3O4/c1-13-10-17(19(29-3)12-16(13)23)25-22(28)14(2)24-15-7-8-18(20(11-15)30-4)26-9-5-6-21(26)27/h7-8,10-12,14,24H,5-6,9H2,1-4H3,(H,25,28)/t14-/m0/s1. The van der Waals surface area contributed by atoms with Gasteiger partial charge in [-0.1, -0.05) is 11.6 Å². The number of carbonyl (C=O) groups excluding carboxylic acids is 2. The number of halogens is 1. The number of amides is 2. The van der Waals surface area contributed by atoms with Crippen molar-refractivity contribution in [3.05, 3.63) is 40.9 Å². The van der Waals surface area contributed by atoms with Gasteiger partial charge in [0.05, 0.1) is 25.6 Å². The molecule has 30 heavy (non-hydrogen) atoms. The van der Waals surface area contributed by atoms with Gasteiger partial charge >= 0.3 is 0 Å². The summed E-state index contributed by atoms with van der Waals surface area (Å²) in [7, 11) is 3.09.